The molecule has 1 fully saturated rings. The third-order valence-electron chi connectivity index (χ3n) is 3.30. The Labute approximate surface area is 99.9 Å². The Bertz CT molecular complexity index is 408. The van der Waals surface area contributed by atoms with Crippen LogP contribution in [0.3, 0.4) is 0 Å². The first-order chi connectivity index (χ1) is 8.26. The fraction of sp³-hybridized carbons (Fsp3) is 0.462. The van der Waals surface area contributed by atoms with Crippen LogP contribution in [0.25, 0.3) is 0 Å². The molecule has 1 heterocycles. The molecular formula is C13H16FNO2. The first kappa shape index (κ1) is 12.2. The van der Waals surface area contributed by atoms with Gasteiger partial charge in [0.2, 0.25) is 0 Å². The summed E-state index contributed by atoms with van der Waals surface area (Å²) in [6, 6.07) is 5.05. The smallest absolute Gasteiger partial charge is 0.134 e. The first-order valence-electron chi connectivity index (χ1n) is 5.83. The molecule has 92 valence electrons. The van der Waals surface area contributed by atoms with Crippen molar-refractivity contribution in [2.45, 2.75) is 25.5 Å². The summed E-state index contributed by atoms with van der Waals surface area (Å²) < 4.78 is 13.6. The molecule has 1 aliphatic rings. The number of hydrogen-bond donors (Lipinski definition) is 1. The maximum atomic E-state index is 13.6. The van der Waals surface area contributed by atoms with Crippen LogP contribution in [0.5, 0.6) is 0 Å². The van der Waals surface area contributed by atoms with E-state index in [1.54, 1.807) is 6.07 Å². The van der Waals surface area contributed by atoms with Crippen LogP contribution in [0.2, 0.25) is 0 Å². The van der Waals surface area contributed by atoms with Crippen LogP contribution in [0.1, 0.15) is 30.0 Å². The fourth-order valence-electron chi connectivity index (χ4n) is 2.42. The van der Waals surface area contributed by atoms with Crippen molar-refractivity contribution >= 4 is 6.29 Å². The second-order valence-corrected chi connectivity index (χ2v) is 4.33. The second-order valence-electron chi connectivity index (χ2n) is 4.33. The number of nitrogens with zero attached hydrogens (tertiary/aromatic N) is 1. The van der Waals surface area contributed by atoms with Crippen molar-refractivity contribution in [2.75, 3.05) is 13.1 Å². The number of rotatable bonds is 4. The van der Waals surface area contributed by atoms with Crippen LogP contribution in [0, 0.1) is 5.82 Å². The minimum absolute atomic E-state index is 0.127. The van der Waals surface area contributed by atoms with Gasteiger partial charge in [-0.05, 0) is 31.0 Å². The molecule has 0 aromatic heterocycles. The molecule has 0 spiro atoms. The third-order valence-corrected chi connectivity index (χ3v) is 3.30. The molecule has 1 aliphatic heterocycles. The molecule has 1 saturated heterocycles. The second kappa shape index (κ2) is 5.38. The van der Waals surface area contributed by atoms with Crippen LogP contribution >= 0.6 is 0 Å². The molecule has 1 aromatic carbocycles. The molecule has 0 aliphatic carbocycles. The molecule has 17 heavy (non-hydrogen) atoms. The van der Waals surface area contributed by atoms with E-state index in [1.165, 1.54) is 6.07 Å². The van der Waals surface area contributed by atoms with E-state index >= 15 is 0 Å². The van der Waals surface area contributed by atoms with Gasteiger partial charge in [-0.3, -0.25) is 4.90 Å². The molecule has 0 bridgehead atoms. The standard InChI is InChI=1S/C13H16FNO2/c14-12-8-10(3-4-11(12)9-17)13-2-1-5-15(13)6-7-16/h3-4,7-8,13,17H,1-2,5-6,9H2. The van der Waals surface area contributed by atoms with E-state index in [1.807, 2.05) is 6.07 Å². The summed E-state index contributed by atoms with van der Waals surface area (Å²) in [5.41, 5.74) is 1.20. The van der Waals surface area contributed by atoms with Gasteiger partial charge in [0, 0.05) is 11.6 Å². The molecule has 4 heteroatoms. The number of halogens is 1. The largest absolute Gasteiger partial charge is 0.392 e. The van der Waals surface area contributed by atoms with Crippen molar-refractivity contribution in [3.63, 3.8) is 0 Å². The number of aldehydes is 1. The van der Waals surface area contributed by atoms with Crippen LogP contribution < -0.4 is 0 Å². The van der Waals surface area contributed by atoms with E-state index in [2.05, 4.69) is 4.90 Å². The van der Waals surface area contributed by atoms with Crippen LogP contribution in [-0.2, 0) is 11.4 Å². The summed E-state index contributed by atoms with van der Waals surface area (Å²) >= 11 is 0. The van der Waals surface area contributed by atoms with Gasteiger partial charge in [0.05, 0.1) is 13.2 Å². The maximum Gasteiger partial charge on any atom is 0.134 e. The molecule has 1 aromatic rings. The quantitative estimate of drug-likeness (QED) is 0.809. The van der Waals surface area contributed by atoms with Crippen molar-refractivity contribution in [1.82, 2.24) is 4.90 Å². The molecule has 1 atom stereocenters. The van der Waals surface area contributed by atoms with Gasteiger partial charge < -0.3 is 9.90 Å². The van der Waals surface area contributed by atoms with Gasteiger partial charge in [-0.1, -0.05) is 12.1 Å². The Balaban J connectivity index is 2.21. The molecule has 0 saturated carbocycles. The van der Waals surface area contributed by atoms with Crippen molar-refractivity contribution in [3.05, 3.63) is 35.1 Å². The summed E-state index contributed by atoms with van der Waals surface area (Å²) in [6.45, 7) is 0.996. The Morgan fingerprint density at radius 1 is 1.53 bits per heavy atom. The molecule has 3 nitrogen and oxygen atoms in total. The summed E-state index contributed by atoms with van der Waals surface area (Å²) in [4.78, 5) is 12.6. The van der Waals surface area contributed by atoms with E-state index in [0.29, 0.717) is 12.1 Å². The summed E-state index contributed by atoms with van der Waals surface area (Å²) in [6.07, 6.45) is 2.87. The van der Waals surface area contributed by atoms with Crippen molar-refractivity contribution in [3.8, 4) is 0 Å². The lowest BCUT2D eigenvalue weighted by Gasteiger charge is -2.22. The number of aliphatic hydroxyl groups is 1. The molecular weight excluding hydrogens is 221 g/mol. The van der Waals surface area contributed by atoms with Crippen LogP contribution in [0.15, 0.2) is 18.2 Å². The topological polar surface area (TPSA) is 40.5 Å². The SMILES string of the molecule is O=CCN1CCCC1c1ccc(CO)c(F)c1. The molecule has 2 rings (SSSR count). The van der Waals surface area contributed by atoms with E-state index in [0.717, 1.165) is 31.2 Å². The number of carbonyl (C=O) groups is 1. The lowest BCUT2D eigenvalue weighted by Crippen LogP contribution is -2.25. The van der Waals surface area contributed by atoms with Gasteiger partial charge >= 0.3 is 0 Å². The summed E-state index contributed by atoms with van der Waals surface area (Å²) in [5, 5.41) is 8.91. The summed E-state index contributed by atoms with van der Waals surface area (Å²) in [7, 11) is 0. The predicted octanol–water partition coefficient (Wildman–Crippen LogP) is 1.65. The fourth-order valence-corrected chi connectivity index (χ4v) is 2.42. The first-order valence-corrected chi connectivity index (χ1v) is 5.83. The van der Waals surface area contributed by atoms with Gasteiger partial charge in [-0.25, -0.2) is 4.39 Å². The average Bonchev–Trinajstić information content (AvgIpc) is 2.78. The van der Waals surface area contributed by atoms with Crippen LogP contribution in [0.4, 0.5) is 4.39 Å². The van der Waals surface area contributed by atoms with Crippen molar-refractivity contribution in [2.24, 2.45) is 0 Å². The van der Waals surface area contributed by atoms with E-state index in [9.17, 15) is 9.18 Å². The Morgan fingerprint density at radius 3 is 3.00 bits per heavy atom. The molecule has 0 radical (unpaired) electrons. The number of benzene rings is 1. The normalized spacial score (nSPS) is 20.7. The third kappa shape index (κ3) is 2.53. The van der Waals surface area contributed by atoms with E-state index < -0.39 is 0 Å². The minimum atomic E-state index is -0.372. The highest BCUT2D eigenvalue weighted by Gasteiger charge is 2.25. The zero-order valence-corrected chi connectivity index (χ0v) is 9.60. The zero-order chi connectivity index (χ0) is 12.3. The number of carbonyl (C=O) groups excluding carboxylic acids is 1. The van der Waals surface area contributed by atoms with Gasteiger partial charge in [0.25, 0.3) is 0 Å². The lowest BCUT2D eigenvalue weighted by molar-refractivity contribution is -0.109. The van der Waals surface area contributed by atoms with Gasteiger partial charge in [0.1, 0.15) is 12.1 Å². The van der Waals surface area contributed by atoms with Gasteiger partial charge in [-0.15, -0.1) is 0 Å². The Hall–Kier alpha value is -1.26. The highest BCUT2D eigenvalue weighted by atomic mass is 19.1. The Morgan fingerprint density at radius 2 is 2.35 bits per heavy atom. The Kier molecular flexibility index (Phi) is 3.86. The highest BCUT2D eigenvalue weighted by molar-refractivity contribution is 5.52. The highest BCUT2D eigenvalue weighted by Crippen LogP contribution is 2.31. The minimum Gasteiger partial charge on any atom is -0.392 e. The average molecular weight is 237 g/mol. The van der Waals surface area contributed by atoms with E-state index in [-0.39, 0.29) is 18.5 Å². The predicted molar refractivity (Wildman–Crippen MR) is 61.9 cm³/mol. The zero-order valence-electron chi connectivity index (χ0n) is 9.60. The van der Waals surface area contributed by atoms with Crippen molar-refractivity contribution in [1.29, 1.82) is 0 Å². The van der Waals surface area contributed by atoms with Crippen LogP contribution in [-0.4, -0.2) is 29.4 Å². The van der Waals surface area contributed by atoms with Gasteiger partial charge in [0.15, 0.2) is 0 Å². The van der Waals surface area contributed by atoms with Crippen molar-refractivity contribution < 1.29 is 14.3 Å². The monoisotopic (exact) mass is 237 g/mol. The maximum absolute atomic E-state index is 13.6. The molecule has 1 unspecified atom stereocenters. The lowest BCUT2D eigenvalue weighted by atomic mass is 10.0. The van der Waals surface area contributed by atoms with E-state index in [4.69, 9.17) is 5.11 Å². The number of likely N-dealkylation sites (tertiary alicyclic amines) is 1. The number of hydrogen-bond acceptors (Lipinski definition) is 3. The summed E-state index contributed by atoms with van der Waals surface area (Å²) in [5.74, 6) is -0.372. The van der Waals surface area contributed by atoms with Gasteiger partial charge in [-0.2, -0.15) is 0 Å². The number of aliphatic hydroxyl groups excluding tert-OH is 1. The molecule has 0 amide bonds. The molecule has 1 N–H and O–H groups in total.